The molecular weight excluding hydrogens is 204 g/mol. The minimum absolute atomic E-state index is 0.244. The van der Waals surface area contributed by atoms with Crippen LogP contribution in [-0.4, -0.2) is 54.2 Å². The van der Waals surface area contributed by atoms with E-state index in [1.54, 1.807) is 0 Å². The van der Waals surface area contributed by atoms with Gasteiger partial charge in [0.05, 0.1) is 6.54 Å². The van der Waals surface area contributed by atoms with Gasteiger partial charge in [0.2, 0.25) is 5.91 Å². The number of carbonyl (C=O) groups excluding carboxylic acids is 2. The fraction of sp³-hybridized carbons (Fsp3) is 0.833. The normalized spacial score (nSPS) is 23.5. The third-order valence-electron chi connectivity index (χ3n) is 3.48. The van der Waals surface area contributed by atoms with Gasteiger partial charge >= 0.3 is 0 Å². The van der Waals surface area contributed by atoms with Crippen molar-refractivity contribution in [2.24, 2.45) is 0 Å². The summed E-state index contributed by atoms with van der Waals surface area (Å²) in [6.07, 6.45) is 4.77. The molecule has 0 radical (unpaired) electrons. The van der Waals surface area contributed by atoms with Crippen molar-refractivity contribution in [2.45, 2.75) is 32.1 Å². The van der Waals surface area contributed by atoms with Gasteiger partial charge in [-0.15, -0.1) is 0 Å². The van der Waals surface area contributed by atoms with E-state index in [4.69, 9.17) is 0 Å². The third kappa shape index (κ3) is 3.04. The Balaban J connectivity index is 1.75. The van der Waals surface area contributed by atoms with E-state index in [-0.39, 0.29) is 5.91 Å². The fourth-order valence-corrected chi connectivity index (χ4v) is 2.40. The Hall–Kier alpha value is -0.900. The molecule has 0 aromatic rings. The molecule has 0 aliphatic carbocycles. The summed E-state index contributed by atoms with van der Waals surface area (Å²) in [5.74, 6) is 0.579. The summed E-state index contributed by atoms with van der Waals surface area (Å²) in [5.41, 5.74) is 0. The van der Waals surface area contributed by atoms with Crippen molar-refractivity contribution in [3.05, 3.63) is 0 Å². The average Bonchev–Trinajstić information content (AvgIpc) is 2.33. The van der Waals surface area contributed by atoms with E-state index in [9.17, 15) is 9.59 Å². The van der Waals surface area contributed by atoms with Crippen molar-refractivity contribution in [3.8, 4) is 0 Å². The maximum Gasteiger partial charge on any atom is 0.236 e. The summed E-state index contributed by atoms with van der Waals surface area (Å²) in [6, 6.07) is 0. The van der Waals surface area contributed by atoms with Crippen LogP contribution < -0.4 is 0 Å². The van der Waals surface area contributed by atoms with Crippen molar-refractivity contribution in [1.29, 1.82) is 0 Å². The molecule has 0 aromatic carbocycles. The lowest BCUT2D eigenvalue weighted by Gasteiger charge is -2.31. The molecular formula is C12H20N2O2. The maximum atomic E-state index is 11.9. The molecule has 0 N–H and O–H groups in total. The van der Waals surface area contributed by atoms with Crippen LogP contribution in [0.4, 0.5) is 0 Å². The number of rotatable bonds is 2. The molecule has 2 saturated heterocycles. The van der Waals surface area contributed by atoms with Crippen LogP contribution in [0.5, 0.6) is 0 Å². The lowest BCUT2D eigenvalue weighted by molar-refractivity contribution is -0.134. The summed E-state index contributed by atoms with van der Waals surface area (Å²) in [5, 5.41) is 0. The molecule has 2 fully saturated rings. The van der Waals surface area contributed by atoms with Crippen molar-refractivity contribution in [2.75, 3.05) is 32.7 Å². The summed E-state index contributed by atoms with van der Waals surface area (Å²) in [4.78, 5) is 27.1. The number of hydrogen-bond acceptors (Lipinski definition) is 3. The third-order valence-corrected chi connectivity index (χ3v) is 3.48. The van der Waals surface area contributed by atoms with E-state index in [0.29, 0.717) is 25.2 Å². The zero-order valence-corrected chi connectivity index (χ0v) is 9.78. The Morgan fingerprint density at radius 2 is 1.62 bits per heavy atom. The summed E-state index contributed by atoms with van der Waals surface area (Å²) >= 11 is 0. The van der Waals surface area contributed by atoms with Gasteiger partial charge in [0, 0.05) is 39.0 Å². The first-order chi connectivity index (χ1) is 7.75. The number of nitrogens with zero attached hydrogens (tertiary/aromatic N) is 2. The van der Waals surface area contributed by atoms with Gasteiger partial charge in [-0.1, -0.05) is 0 Å². The molecule has 0 aromatic heterocycles. The van der Waals surface area contributed by atoms with Gasteiger partial charge in [-0.2, -0.15) is 0 Å². The minimum atomic E-state index is 0.244. The summed E-state index contributed by atoms with van der Waals surface area (Å²) < 4.78 is 0. The van der Waals surface area contributed by atoms with Crippen LogP contribution in [0.25, 0.3) is 0 Å². The SMILES string of the molecule is O=C1CCN(CC(=O)N2CCCCC2)CC1. The highest BCUT2D eigenvalue weighted by Gasteiger charge is 2.22. The van der Waals surface area contributed by atoms with Crippen molar-refractivity contribution in [1.82, 2.24) is 9.80 Å². The lowest BCUT2D eigenvalue weighted by atomic mass is 10.1. The highest BCUT2D eigenvalue weighted by atomic mass is 16.2. The van der Waals surface area contributed by atoms with Crippen LogP contribution in [0.15, 0.2) is 0 Å². The largest absolute Gasteiger partial charge is 0.342 e. The van der Waals surface area contributed by atoms with Gasteiger partial charge in [-0.25, -0.2) is 0 Å². The van der Waals surface area contributed by atoms with E-state index >= 15 is 0 Å². The van der Waals surface area contributed by atoms with Crippen LogP contribution in [-0.2, 0) is 9.59 Å². The van der Waals surface area contributed by atoms with Crippen molar-refractivity contribution >= 4 is 11.7 Å². The van der Waals surface area contributed by atoms with Crippen LogP contribution in [0, 0.1) is 0 Å². The van der Waals surface area contributed by atoms with E-state index < -0.39 is 0 Å². The smallest absolute Gasteiger partial charge is 0.236 e. The Labute approximate surface area is 96.6 Å². The zero-order chi connectivity index (χ0) is 11.4. The molecule has 0 unspecified atom stereocenters. The van der Waals surface area contributed by atoms with Gasteiger partial charge < -0.3 is 4.90 Å². The molecule has 4 heteroatoms. The van der Waals surface area contributed by atoms with Gasteiger partial charge in [-0.3, -0.25) is 14.5 Å². The molecule has 0 spiro atoms. The van der Waals surface area contributed by atoms with E-state index in [1.807, 2.05) is 4.90 Å². The first-order valence-corrected chi connectivity index (χ1v) is 6.27. The van der Waals surface area contributed by atoms with Gasteiger partial charge in [0.15, 0.2) is 0 Å². The molecule has 2 rings (SSSR count). The summed E-state index contributed by atoms with van der Waals surface area (Å²) in [6.45, 7) is 3.88. The standard InChI is InChI=1S/C12H20N2O2/c15-11-4-8-13(9-5-11)10-12(16)14-6-2-1-3-7-14/h1-10H2. The minimum Gasteiger partial charge on any atom is -0.342 e. The quantitative estimate of drug-likeness (QED) is 0.692. The van der Waals surface area contributed by atoms with Crippen LogP contribution in [0.3, 0.4) is 0 Å². The van der Waals surface area contributed by atoms with Crippen LogP contribution in [0.2, 0.25) is 0 Å². The second-order valence-corrected chi connectivity index (χ2v) is 4.76. The maximum absolute atomic E-state index is 11.9. The molecule has 0 bridgehead atoms. The molecule has 1 amide bonds. The molecule has 2 aliphatic rings. The zero-order valence-electron chi connectivity index (χ0n) is 9.78. The topological polar surface area (TPSA) is 40.6 Å². The monoisotopic (exact) mass is 224 g/mol. The Morgan fingerprint density at radius 3 is 2.25 bits per heavy atom. The second kappa shape index (κ2) is 5.43. The van der Waals surface area contributed by atoms with Gasteiger partial charge in [0.1, 0.15) is 5.78 Å². The second-order valence-electron chi connectivity index (χ2n) is 4.76. The van der Waals surface area contributed by atoms with E-state index in [0.717, 1.165) is 39.0 Å². The van der Waals surface area contributed by atoms with Crippen molar-refractivity contribution in [3.63, 3.8) is 0 Å². The molecule has 4 nitrogen and oxygen atoms in total. The van der Waals surface area contributed by atoms with Gasteiger partial charge in [-0.05, 0) is 19.3 Å². The average molecular weight is 224 g/mol. The molecule has 2 aliphatic heterocycles. The first-order valence-electron chi connectivity index (χ1n) is 6.27. The number of hydrogen-bond donors (Lipinski definition) is 0. The number of amides is 1. The number of piperidine rings is 2. The predicted octanol–water partition coefficient (Wildman–Crippen LogP) is 0.664. The van der Waals surface area contributed by atoms with Crippen molar-refractivity contribution < 1.29 is 9.59 Å². The first kappa shape index (κ1) is 11.6. The number of carbonyl (C=O) groups is 2. The van der Waals surface area contributed by atoms with Gasteiger partial charge in [0.25, 0.3) is 0 Å². The number of likely N-dealkylation sites (tertiary alicyclic amines) is 2. The molecule has 0 atom stereocenters. The lowest BCUT2D eigenvalue weighted by Crippen LogP contribution is -2.45. The Bertz CT molecular complexity index is 262. The highest BCUT2D eigenvalue weighted by molar-refractivity contribution is 5.81. The molecule has 2 heterocycles. The molecule has 16 heavy (non-hydrogen) atoms. The highest BCUT2D eigenvalue weighted by Crippen LogP contribution is 2.11. The Morgan fingerprint density at radius 1 is 1.00 bits per heavy atom. The fourth-order valence-electron chi connectivity index (χ4n) is 2.40. The summed E-state index contributed by atoms with van der Waals surface area (Å²) in [7, 11) is 0. The van der Waals surface area contributed by atoms with Crippen LogP contribution in [0.1, 0.15) is 32.1 Å². The van der Waals surface area contributed by atoms with E-state index in [2.05, 4.69) is 4.90 Å². The molecule has 90 valence electrons. The van der Waals surface area contributed by atoms with Crippen LogP contribution >= 0.6 is 0 Å². The van der Waals surface area contributed by atoms with E-state index in [1.165, 1.54) is 6.42 Å². The number of Topliss-reactive ketones (excluding diaryl/α,β-unsaturated/α-hetero) is 1. The molecule has 0 saturated carbocycles. The number of ketones is 1. The Kier molecular flexibility index (Phi) is 3.93. The predicted molar refractivity (Wildman–Crippen MR) is 61.1 cm³/mol.